The fourth-order valence-electron chi connectivity index (χ4n) is 2.28. The van der Waals surface area contributed by atoms with Crippen LogP contribution in [0.25, 0.3) is 11.6 Å². The van der Waals surface area contributed by atoms with Gasteiger partial charge in [0.1, 0.15) is 0 Å². The van der Waals surface area contributed by atoms with Gasteiger partial charge in [-0.15, -0.1) is 0 Å². The Kier molecular flexibility index (Phi) is 6.26. The Balaban J connectivity index is 2.38. The molecule has 0 aliphatic carbocycles. The second-order valence-electron chi connectivity index (χ2n) is 5.24. The van der Waals surface area contributed by atoms with Crippen molar-refractivity contribution in [3.05, 3.63) is 83.4 Å². The number of ether oxygens (including phenoxy) is 1. The van der Waals surface area contributed by atoms with Gasteiger partial charge in [-0.1, -0.05) is 60.7 Å². The molecule has 0 spiro atoms. The first-order valence-electron chi connectivity index (χ1n) is 7.83. The third-order valence-corrected chi connectivity index (χ3v) is 3.42. The number of esters is 1. The maximum absolute atomic E-state index is 12.8. The lowest BCUT2D eigenvalue weighted by molar-refractivity contribution is -0.137. The molecule has 0 aliphatic heterocycles. The van der Waals surface area contributed by atoms with Crippen LogP contribution in [0, 0.1) is 0 Å². The number of carbonyl (C=O) groups excluding carboxylic acids is 2. The van der Waals surface area contributed by atoms with E-state index in [1.54, 1.807) is 26.0 Å². The summed E-state index contributed by atoms with van der Waals surface area (Å²) in [6.45, 7) is 3.75. The fourth-order valence-corrected chi connectivity index (χ4v) is 2.28. The Labute approximate surface area is 142 Å². The highest BCUT2D eigenvalue weighted by Crippen LogP contribution is 2.20. The summed E-state index contributed by atoms with van der Waals surface area (Å²) >= 11 is 0. The fraction of sp³-hybridized carbons (Fsp3) is 0.143. The van der Waals surface area contributed by atoms with Crippen molar-refractivity contribution >= 4 is 23.4 Å². The molecule has 0 aliphatic rings. The summed E-state index contributed by atoms with van der Waals surface area (Å²) in [5.41, 5.74) is 2.52. The zero-order valence-corrected chi connectivity index (χ0v) is 13.9. The monoisotopic (exact) mass is 320 g/mol. The lowest BCUT2D eigenvalue weighted by Gasteiger charge is -2.08. The Bertz CT molecular complexity index is 756. The van der Waals surface area contributed by atoms with E-state index in [1.165, 1.54) is 6.08 Å². The molecule has 2 rings (SSSR count). The summed E-state index contributed by atoms with van der Waals surface area (Å²) in [6.07, 6.45) is 3.08. The predicted molar refractivity (Wildman–Crippen MR) is 96.2 cm³/mol. The van der Waals surface area contributed by atoms with Crippen molar-refractivity contribution in [3.63, 3.8) is 0 Å². The average Bonchev–Trinajstić information content (AvgIpc) is 2.61. The lowest BCUT2D eigenvalue weighted by atomic mass is 9.96. The third-order valence-electron chi connectivity index (χ3n) is 3.42. The molecule has 0 aromatic heterocycles. The molecule has 0 fully saturated rings. The Morgan fingerprint density at radius 3 is 2.12 bits per heavy atom. The van der Waals surface area contributed by atoms with Crippen molar-refractivity contribution in [2.45, 2.75) is 13.8 Å². The van der Waals surface area contributed by atoms with Crippen LogP contribution in [-0.2, 0) is 14.3 Å². The van der Waals surface area contributed by atoms with Crippen molar-refractivity contribution in [1.82, 2.24) is 0 Å². The highest BCUT2D eigenvalue weighted by Gasteiger charge is 2.16. The molecule has 0 unspecified atom stereocenters. The van der Waals surface area contributed by atoms with Crippen LogP contribution < -0.4 is 0 Å². The van der Waals surface area contributed by atoms with Crippen molar-refractivity contribution in [2.24, 2.45) is 0 Å². The molecule has 24 heavy (non-hydrogen) atoms. The summed E-state index contributed by atoms with van der Waals surface area (Å²) in [5.74, 6) is -0.713. The molecule has 122 valence electrons. The number of Topliss-reactive ketones (excluding diaryl/α,β-unsaturated/α-hetero) is 1. The number of allylic oxidation sites excluding steroid dienone is 2. The summed E-state index contributed by atoms with van der Waals surface area (Å²) in [4.78, 5) is 24.7. The summed E-state index contributed by atoms with van der Waals surface area (Å²) < 4.78 is 4.96. The topological polar surface area (TPSA) is 43.4 Å². The molecule has 2 aromatic carbocycles. The molecule has 0 heterocycles. The zero-order valence-electron chi connectivity index (χ0n) is 13.9. The Hall–Kier alpha value is -2.94. The largest absolute Gasteiger partial charge is 0.463 e. The SMILES string of the molecule is CCOC(=O)/C=C(/C(=O)/C(C)=C/c1ccccc1)c1ccccc1. The molecule has 2 aromatic rings. The minimum atomic E-state index is -0.516. The minimum Gasteiger partial charge on any atom is -0.463 e. The van der Waals surface area contributed by atoms with E-state index in [0.717, 1.165) is 5.56 Å². The summed E-state index contributed by atoms with van der Waals surface area (Å²) in [6, 6.07) is 18.7. The summed E-state index contributed by atoms with van der Waals surface area (Å²) in [7, 11) is 0. The molecule has 0 saturated carbocycles. The van der Waals surface area contributed by atoms with Crippen LogP contribution in [0.15, 0.2) is 72.3 Å². The molecule has 3 nitrogen and oxygen atoms in total. The zero-order chi connectivity index (χ0) is 17.4. The van der Waals surface area contributed by atoms with Crippen LogP contribution in [0.5, 0.6) is 0 Å². The molecular weight excluding hydrogens is 300 g/mol. The van der Waals surface area contributed by atoms with Gasteiger partial charge in [0.25, 0.3) is 0 Å². The maximum Gasteiger partial charge on any atom is 0.331 e. The van der Waals surface area contributed by atoms with Gasteiger partial charge in [0.05, 0.1) is 6.61 Å². The molecule has 3 heteroatoms. The van der Waals surface area contributed by atoms with E-state index in [2.05, 4.69) is 0 Å². The van der Waals surface area contributed by atoms with Gasteiger partial charge < -0.3 is 4.74 Å². The van der Waals surface area contributed by atoms with Gasteiger partial charge in [0.15, 0.2) is 5.78 Å². The van der Waals surface area contributed by atoms with E-state index in [4.69, 9.17) is 4.74 Å². The van der Waals surface area contributed by atoms with Crippen molar-refractivity contribution in [3.8, 4) is 0 Å². The van der Waals surface area contributed by atoms with E-state index in [0.29, 0.717) is 16.7 Å². The first-order valence-corrected chi connectivity index (χ1v) is 7.83. The molecule has 0 N–H and O–H groups in total. The van der Waals surface area contributed by atoms with E-state index >= 15 is 0 Å². The third kappa shape index (κ3) is 4.78. The first-order chi connectivity index (χ1) is 11.6. The van der Waals surface area contributed by atoms with Crippen LogP contribution in [0.4, 0.5) is 0 Å². The second-order valence-corrected chi connectivity index (χ2v) is 5.24. The maximum atomic E-state index is 12.8. The number of rotatable bonds is 6. The Morgan fingerprint density at radius 2 is 1.54 bits per heavy atom. The number of carbonyl (C=O) groups is 2. The summed E-state index contributed by atoms with van der Waals surface area (Å²) in [5, 5.41) is 0. The number of ketones is 1. The highest BCUT2D eigenvalue weighted by molar-refractivity contribution is 6.31. The number of hydrogen-bond donors (Lipinski definition) is 0. The van der Waals surface area contributed by atoms with Gasteiger partial charge in [-0.2, -0.15) is 0 Å². The van der Waals surface area contributed by atoms with Gasteiger partial charge in [0, 0.05) is 11.6 Å². The van der Waals surface area contributed by atoms with Crippen molar-refractivity contribution in [1.29, 1.82) is 0 Å². The van der Waals surface area contributed by atoms with Crippen LogP contribution in [0.1, 0.15) is 25.0 Å². The number of hydrogen-bond acceptors (Lipinski definition) is 3. The molecular formula is C21H20O3. The average molecular weight is 320 g/mol. The van der Waals surface area contributed by atoms with Crippen molar-refractivity contribution < 1.29 is 14.3 Å². The van der Waals surface area contributed by atoms with E-state index in [1.807, 2.05) is 54.6 Å². The molecule has 0 saturated heterocycles. The smallest absolute Gasteiger partial charge is 0.331 e. The molecule has 0 atom stereocenters. The number of benzene rings is 2. The lowest BCUT2D eigenvalue weighted by Crippen LogP contribution is -2.08. The van der Waals surface area contributed by atoms with Crippen LogP contribution >= 0.6 is 0 Å². The molecule has 0 bridgehead atoms. The van der Waals surface area contributed by atoms with Gasteiger partial charge >= 0.3 is 5.97 Å². The van der Waals surface area contributed by atoms with E-state index in [-0.39, 0.29) is 12.4 Å². The van der Waals surface area contributed by atoms with Gasteiger partial charge in [-0.05, 0) is 36.6 Å². The van der Waals surface area contributed by atoms with Gasteiger partial charge in [0.2, 0.25) is 0 Å². The van der Waals surface area contributed by atoms with E-state index < -0.39 is 5.97 Å². The van der Waals surface area contributed by atoms with Crippen molar-refractivity contribution in [2.75, 3.05) is 6.61 Å². The predicted octanol–water partition coefficient (Wildman–Crippen LogP) is 4.31. The quantitative estimate of drug-likeness (QED) is 0.588. The highest BCUT2D eigenvalue weighted by atomic mass is 16.5. The Morgan fingerprint density at radius 1 is 0.958 bits per heavy atom. The molecule has 0 amide bonds. The van der Waals surface area contributed by atoms with Gasteiger partial charge in [-0.25, -0.2) is 4.79 Å². The second kappa shape index (κ2) is 8.63. The first kappa shape index (κ1) is 17.4. The minimum absolute atomic E-state index is 0.196. The van der Waals surface area contributed by atoms with Gasteiger partial charge in [-0.3, -0.25) is 4.79 Å². The van der Waals surface area contributed by atoms with Crippen LogP contribution in [-0.4, -0.2) is 18.4 Å². The normalized spacial score (nSPS) is 11.9. The van der Waals surface area contributed by atoms with Crippen LogP contribution in [0.2, 0.25) is 0 Å². The standard InChI is InChI=1S/C21H20O3/c1-3-24-20(22)15-19(18-12-8-5-9-13-18)21(23)16(2)14-17-10-6-4-7-11-17/h4-15H,3H2,1-2H3/b16-14+,19-15+. The van der Waals surface area contributed by atoms with Crippen LogP contribution in [0.3, 0.4) is 0 Å². The molecule has 0 radical (unpaired) electrons. The van der Waals surface area contributed by atoms with E-state index in [9.17, 15) is 9.59 Å².